The summed E-state index contributed by atoms with van der Waals surface area (Å²) in [4.78, 5) is 10.4. The smallest absolute Gasteiger partial charge is 0.332 e. The maximum atomic E-state index is 13.4. The molecule has 2 amide bonds. The van der Waals surface area contributed by atoms with Crippen LogP contribution in [0.2, 0.25) is 0 Å². The summed E-state index contributed by atoms with van der Waals surface area (Å²) >= 11 is 0. The van der Waals surface area contributed by atoms with Crippen LogP contribution in [0.3, 0.4) is 0 Å². The van der Waals surface area contributed by atoms with E-state index in [1.54, 1.807) is 24.3 Å². The lowest BCUT2D eigenvalue weighted by molar-refractivity contribution is 0.249. The second kappa shape index (κ2) is 7.16. The van der Waals surface area contributed by atoms with Crippen LogP contribution in [-0.2, 0) is 6.61 Å². The van der Waals surface area contributed by atoms with Gasteiger partial charge in [-0.15, -0.1) is 0 Å². The predicted octanol–water partition coefficient (Wildman–Crippen LogP) is 2.55. The monoisotopic (exact) mass is 305 g/mol. The molecule has 3 N–H and O–H groups in total. The Labute approximate surface area is 125 Å². The lowest BCUT2D eigenvalue weighted by Gasteiger charge is -2.07. The molecule has 0 fully saturated rings. The van der Waals surface area contributed by atoms with E-state index in [0.717, 1.165) is 18.2 Å². The van der Waals surface area contributed by atoms with Gasteiger partial charge >= 0.3 is 6.03 Å². The number of nitrogens with zero attached hydrogens (tertiary/aromatic N) is 1. The number of nitrogens with two attached hydrogens (primary N) is 1. The molecule has 0 spiro atoms. The molecule has 2 aromatic rings. The number of rotatable bonds is 5. The molecule has 0 aliphatic rings. The highest BCUT2D eigenvalue weighted by Crippen LogP contribution is 2.16. The zero-order valence-corrected chi connectivity index (χ0v) is 11.4. The Kier molecular flexibility index (Phi) is 5.02. The summed E-state index contributed by atoms with van der Waals surface area (Å²) < 4.78 is 31.8. The van der Waals surface area contributed by atoms with E-state index in [1.165, 1.54) is 6.21 Å². The Hall–Kier alpha value is -2.96. The van der Waals surface area contributed by atoms with Gasteiger partial charge in [-0.05, 0) is 48.0 Å². The fourth-order valence-electron chi connectivity index (χ4n) is 1.64. The molecule has 22 heavy (non-hydrogen) atoms. The molecule has 0 bridgehead atoms. The van der Waals surface area contributed by atoms with Crippen molar-refractivity contribution in [1.29, 1.82) is 0 Å². The quantitative estimate of drug-likeness (QED) is 0.658. The standard InChI is InChI=1S/C15H13F2N3O2/c16-12-3-6-14(17)11(7-12)9-22-13-4-1-10(2-5-13)8-19-20-15(18)21/h1-8H,9H2,(H3,18,20,21). The summed E-state index contributed by atoms with van der Waals surface area (Å²) in [5.74, 6) is -0.556. The Balaban J connectivity index is 1.95. The number of hydrazone groups is 1. The van der Waals surface area contributed by atoms with Crippen molar-refractivity contribution in [3.05, 3.63) is 65.2 Å². The lowest BCUT2D eigenvalue weighted by atomic mass is 10.2. The Bertz CT molecular complexity index is 688. The van der Waals surface area contributed by atoms with Gasteiger partial charge in [0.15, 0.2) is 0 Å². The zero-order valence-electron chi connectivity index (χ0n) is 11.4. The van der Waals surface area contributed by atoms with E-state index in [1.807, 2.05) is 0 Å². The van der Waals surface area contributed by atoms with Gasteiger partial charge in [-0.1, -0.05) is 0 Å². The van der Waals surface area contributed by atoms with Gasteiger partial charge in [0, 0.05) is 5.56 Å². The molecule has 2 aromatic carbocycles. The molecule has 0 saturated heterocycles. The average Bonchev–Trinajstić information content (AvgIpc) is 2.49. The summed E-state index contributed by atoms with van der Waals surface area (Å²) in [5, 5.41) is 3.60. The molecule has 0 unspecified atom stereocenters. The van der Waals surface area contributed by atoms with Gasteiger partial charge in [-0.25, -0.2) is 19.0 Å². The van der Waals surface area contributed by atoms with Crippen molar-refractivity contribution in [1.82, 2.24) is 5.43 Å². The summed E-state index contributed by atoms with van der Waals surface area (Å²) in [7, 11) is 0. The Morgan fingerprint density at radius 3 is 2.64 bits per heavy atom. The van der Waals surface area contributed by atoms with Crippen LogP contribution in [0.4, 0.5) is 13.6 Å². The second-order valence-electron chi connectivity index (χ2n) is 4.33. The molecule has 0 atom stereocenters. The van der Waals surface area contributed by atoms with Crippen LogP contribution < -0.4 is 15.9 Å². The van der Waals surface area contributed by atoms with E-state index >= 15 is 0 Å². The van der Waals surface area contributed by atoms with Crippen molar-refractivity contribution in [2.24, 2.45) is 10.8 Å². The molecular formula is C15H13F2N3O2. The Morgan fingerprint density at radius 2 is 1.95 bits per heavy atom. The molecule has 2 rings (SSSR count). The fourth-order valence-corrected chi connectivity index (χ4v) is 1.64. The van der Waals surface area contributed by atoms with Crippen molar-refractivity contribution in [2.45, 2.75) is 6.61 Å². The molecule has 114 valence electrons. The highest BCUT2D eigenvalue weighted by molar-refractivity contribution is 5.81. The fraction of sp³-hybridized carbons (Fsp3) is 0.0667. The van der Waals surface area contributed by atoms with Gasteiger partial charge < -0.3 is 10.5 Å². The highest BCUT2D eigenvalue weighted by atomic mass is 19.1. The van der Waals surface area contributed by atoms with Gasteiger partial charge in [-0.3, -0.25) is 0 Å². The summed E-state index contributed by atoms with van der Waals surface area (Å²) in [5.41, 5.74) is 7.77. The normalized spacial score (nSPS) is 10.6. The molecule has 5 nitrogen and oxygen atoms in total. The van der Waals surface area contributed by atoms with Crippen LogP contribution in [-0.4, -0.2) is 12.2 Å². The van der Waals surface area contributed by atoms with Gasteiger partial charge in [0.1, 0.15) is 24.0 Å². The van der Waals surface area contributed by atoms with Crippen LogP contribution >= 0.6 is 0 Å². The molecule has 0 aromatic heterocycles. The summed E-state index contributed by atoms with van der Waals surface area (Å²) in [6, 6.07) is 9.09. The first-order valence-electron chi connectivity index (χ1n) is 6.30. The molecule has 0 heterocycles. The van der Waals surface area contributed by atoms with E-state index in [-0.39, 0.29) is 12.2 Å². The number of hydrogen-bond acceptors (Lipinski definition) is 3. The van der Waals surface area contributed by atoms with Crippen molar-refractivity contribution < 1.29 is 18.3 Å². The maximum Gasteiger partial charge on any atom is 0.332 e. The number of carbonyl (C=O) groups is 1. The first kappa shape index (κ1) is 15.4. The number of halogens is 2. The average molecular weight is 305 g/mol. The van der Waals surface area contributed by atoms with Crippen LogP contribution in [0.5, 0.6) is 5.75 Å². The maximum absolute atomic E-state index is 13.4. The number of primary amides is 1. The third-order valence-corrected chi connectivity index (χ3v) is 2.67. The highest BCUT2D eigenvalue weighted by Gasteiger charge is 2.04. The first-order chi connectivity index (χ1) is 10.5. The number of amides is 2. The van der Waals surface area contributed by atoms with E-state index in [0.29, 0.717) is 11.3 Å². The van der Waals surface area contributed by atoms with Gasteiger partial charge in [0.25, 0.3) is 0 Å². The van der Waals surface area contributed by atoms with Crippen LogP contribution in [0.1, 0.15) is 11.1 Å². The molecule has 0 saturated carbocycles. The van der Waals surface area contributed by atoms with Crippen molar-refractivity contribution in [2.75, 3.05) is 0 Å². The van der Waals surface area contributed by atoms with E-state index in [2.05, 4.69) is 10.5 Å². The topological polar surface area (TPSA) is 76.7 Å². The number of carbonyl (C=O) groups excluding carboxylic acids is 1. The van der Waals surface area contributed by atoms with Crippen molar-refractivity contribution in [3.8, 4) is 5.75 Å². The van der Waals surface area contributed by atoms with Crippen LogP contribution in [0.25, 0.3) is 0 Å². The molecule has 0 radical (unpaired) electrons. The number of nitrogens with one attached hydrogen (secondary N) is 1. The van der Waals surface area contributed by atoms with Crippen LogP contribution in [0, 0.1) is 11.6 Å². The summed E-state index contributed by atoms with van der Waals surface area (Å²) in [6.07, 6.45) is 1.40. The van der Waals surface area contributed by atoms with E-state index in [9.17, 15) is 13.6 Å². The lowest BCUT2D eigenvalue weighted by Crippen LogP contribution is -2.24. The van der Waals surface area contributed by atoms with E-state index < -0.39 is 17.7 Å². The molecule has 0 aliphatic heterocycles. The third kappa shape index (κ3) is 4.55. The molecular weight excluding hydrogens is 292 g/mol. The predicted molar refractivity (Wildman–Crippen MR) is 77.4 cm³/mol. The SMILES string of the molecule is NC(=O)NN=Cc1ccc(OCc2cc(F)ccc2F)cc1. The van der Waals surface area contributed by atoms with Gasteiger partial charge in [0.05, 0.1) is 6.21 Å². The number of hydrogen-bond donors (Lipinski definition) is 2. The molecule has 7 heteroatoms. The Morgan fingerprint density at radius 1 is 1.23 bits per heavy atom. The van der Waals surface area contributed by atoms with Gasteiger partial charge in [-0.2, -0.15) is 5.10 Å². The summed E-state index contributed by atoms with van der Waals surface area (Å²) in [6.45, 7) is -0.0831. The molecule has 0 aliphatic carbocycles. The number of urea groups is 1. The third-order valence-electron chi connectivity index (χ3n) is 2.67. The second-order valence-corrected chi connectivity index (χ2v) is 4.33. The minimum absolute atomic E-state index is 0.0831. The van der Waals surface area contributed by atoms with Crippen molar-refractivity contribution >= 4 is 12.2 Å². The largest absolute Gasteiger partial charge is 0.489 e. The minimum atomic E-state index is -0.756. The van der Waals surface area contributed by atoms with Crippen LogP contribution in [0.15, 0.2) is 47.6 Å². The van der Waals surface area contributed by atoms with Gasteiger partial charge in [0.2, 0.25) is 0 Å². The number of benzene rings is 2. The zero-order chi connectivity index (χ0) is 15.9. The minimum Gasteiger partial charge on any atom is -0.489 e. The van der Waals surface area contributed by atoms with Crippen molar-refractivity contribution in [3.63, 3.8) is 0 Å². The number of ether oxygens (including phenoxy) is 1. The first-order valence-corrected chi connectivity index (χ1v) is 6.30. The van der Waals surface area contributed by atoms with E-state index in [4.69, 9.17) is 10.5 Å².